The van der Waals surface area contributed by atoms with Crippen molar-refractivity contribution in [1.29, 1.82) is 0 Å². The summed E-state index contributed by atoms with van der Waals surface area (Å²) in [5.41, 5.74) is 0.360. The first kappa shape index (κ1) is 15.0. The highest BCUT2D eigenvalue weighted by molar-refractivity contribution is 5.27. The van der Waals surface area contributed by atoms with Crippen molar-refractivity contribution in [1.82, 2.24) is 5.32 Å². The van der Waals surface area contributed by atoms with E-state index in [1.54, 1.807) is 13.8 Å². The topological polar surface area (TPSA) is 61.7 Å². The average molecular weight is 253 g/mol. The quantitative estimate of drug-likeness (QED) is 0.681. The standard InChI is InChI=1S/C14H23NO3/c1-11-5-4-6-13(7-11)18-9-12(16)8-15-10-14(2,3)17/h4-7,12,15-17H,8-10H2,1-3H3. The largest absolute Gasteiger partial charge is 0.491 e. The highest BCUT2D eigenvalue weighted by Crippen LogP contribution is 2.12. The van der Waals surface area contributed by atoms with E-state index in [4.69, 9.17) is 4.74 Å². The van der Waals surface area contributed by atoms with Crippen molar-refractivity contribution in [2.75, 3.05) is 19.7 Å². The van der Waals surface area contributed by atoms with Crippen LogP contribution >= 0.6 is 0 Å². The van der Waals surface area contributed by atoms with E-state index in [-0.39, 0.29) is 6.61 Å². The van der Waals surface area contributed by atoms with Crippen LogP contribution in [0.5, 0.6) is 5.75 Å². The number of aliphatic hydroxyl groups is 2. The molecule has 0 aliphatic rings. The number of aryl methyl sites for hydroxylation is 1. The molecule has 4 nitrogen and oxygen atoms in total. The molecule has 0 spiro atoms. The molecule has 1 aromatic carbocycles. The van der Waals surface area contributed by atoms with Crippen molar-refractivity contribution in [3.8, 4) is 5.75 Å². The zero-order valence-corrected chi connectivity index (χ0v) is 11.3. The van der Waals surface area contributed by atoms with Gasteiger partial charge in [0.2, 0.25) is 0 Å². The van der Waals surface area contributed by atoms with E-state index >= 15 is 0 Å². The molecule has 0 aliphatic heterocycles. The molecule has 0 fully saturated rings. The number of rotatable bonds is 7. The molecule has 1 unspecified atom stereocenters. The van der Waals surface area contributed by atoms with Gasteiger partial charge in [0, 0.05) is 13.1 Å². The van der Waals surface area contributed by atoms with Crippen molar-refractivity contribution in [2.24, 2.45) is 0 Å². The fraction of sp³-hybridized carbons (Fsp3) is 0.571. The molecule has 102 valence electrons. The van der Waals surface area contributed by atoms with Crippen LogP contribution in [0.1, 0.15) is 19.4 Å². The lowest BCUT2D eigenvalue weighted by atomic mass is 10.1. The third-order valence-electron chi connectivity index (χ3n) is 2.37. The summed E-state index contributed by atoms with van der Waals surface area (Å²) >= 11 is 0. The first-order valence-corrected chi connectivity index (χ1v) is 6.17. The molecule has 0 aromatic heterocycles. The summed E-state index contributed by atoms with van der Waals surface area (Å²) in [6.07, 6.45) is -0.590. The van der Waals surface area contributed by atoms with Gasteiger partial charge >= 0.3 is 0 Å². The van der Waals surface area contributed by atoms with Crippen molar-refractivity contribution >= 4 is 0 Å². The second-order valence-corrected chi connectivity index (χ2v) is 5.22. The van der Waals surface area contributed by atoms with Crippen LogP contribution in [0, 0.1) is 6.92 Å². The van der Waals surface area contributed by atoms with Gasteiger partial charge in [-0.05, 0) is 38.5 Å². The van der Waals surface area contributed by atoms with E-state index in [2.05, 4.69) is 5.32 Å². The summed E-state index contributed by atoms with van der Waals surface area (Å²) in [5, 5.41) is 22.2. The van der Waals surface area contributed by atoms with Crippen molar-refractivity contribution in [2.45, 2.75) is 32.5 Å². The zero-order valence-electron chi connectivity index (χ0n) is 11.3. The Hall–Kier alpha value is -1.10. The lowest BCUT2D eigenvalue weighted by molar-refractivity contribution is 0.0665. The fourth-order valence-corrected chi connectivity index (χ4v) is 1.50. The molecular weight excluding hydrogens is 230 g/mol. The second kappa shape index (κ2) is 6.73. The van der Waals surface area contributed by atoms with Crippen LogP contribution in [-0.4, -0.2) is 41.6 Å². The molecule has 1 rings (SSSR count). The van der Waals surface area contributed by atoms with E-state index in [9.17, 15) is 10.2 Å². The van der Waals surface area contributed by atoms with Crippen LogP contribution in [0.4, 0.5) is 0 Å². The molecule has 18 heavy (non-hydrogen) atoms. The van der Waals surface area contributed by atoms with Crippen molar-refractivity contribution < 1.29 is 14.9 Å². The summed E-state index contributed by atoms with van der Waals surface area (Å²) in [4.78, 5) is 0. The first-order valence-electron chi connectivity index (χ1n) is 6.17. The molecule has 0 saturated carbocycles. The highest BCUT2D eigenvalue weighted by atomic mass is 16.5. The molecule has 0 amide bonds. The summed E-state index contributed by atoms with van der Waals surface area (Å²) in [6, 6.07) is 7.71. The molecule has 0 aliphatic carbocycles. The molecule has 0 bridgehead atoms. The number of hydrogen-bond acceptors (Lipinski definition) is 4. The van der Waals surface area contributed by atoms with E-state index in [0.717, 1.165) is 11.3 Å². The normalized spacial score (nSPS) is 13.4. The summed E-state index contributed by atoms with van der Waals surface area (Å²) in [5.74, 6) is 0.761. The Kier molecular flexibility index (Phi) is 5.59. The maximum absolute atomic E-state index is 9.71. The third kappa shape index (κ3) is 6.59. The van der Waals surface area contributed by atoms with E-state index < -0.39 is 11.7 Å². The van der Waals surface area contributed by atoms with Crippen LogP contribution in [0.3, 0.4) is 0 Å². The minimum Gasteiger partial charge on any atom is -0.491 e. The van der Waals surface area contributed by atoms with Gasteiger partial charge in [0.15, 0.2) is 0 Å². The lowest BCUT2D eigenvalue weighted by Crippen LogP contribution is -2.40. The molecule has 4 heteroatoms. The number of aliphatic hydroxyl groups excluding tert-OH is 1. The van der Waals surface area contributed by atoms with E-state index in [1.165, 1.54) is 0 Å². The SMILES string of the molecule is Cc1cccc(OCC(O)CNCC(C)(C)O)c1. The molecule has 1 atom stereocenters. The van der Waals surface area contributed by atoms with Gasteiger partial charge in [0.1, 0.15) is 18.5 Å². The Bertz CT molecular complexity index is 360. The summed E-state index contributed by atoms with van der Waals surface area (Å²) in [7, 11) is 0. The summed E-state index contributed by atoms with van der Waals surface area (Å²) < 4.78 is 5.48. The Morgan fingerprint density at radius 2 is 2.11 bits per heavy atom. The van der Waals surface area contributed by atoms with E-state index in [1.807, 2.05) is 31.2 Å². The Morgan fingerprint density at radius 3 is 2.72 bits per heavy atom. The first-order chi connectivity index (χ1) is 8.37. The molecule has 1 aromatic rings. The fourth-order valence-electron chi connectivity index (χ4n) is 1.50. The van der Waals surface area contributed by atoms with Gasteiger partial charge in [0.05, 0.1) is 5.60 Å². The van der Waals surface area contributed by atoms with Gasteiger partial charge in [-0.1, -0.05) is 12.1 Å². The van der Waals surface area contributed by atoms with Crippen LogP contribution in [0.15, 0.2) is 24.3 Å². The predicted molar refractivity (Wildman–Crippen MR) is 71.8 cm³/mol. The number of nitrogens with one attached hydrogen (secondary N) is 1. The number of ether oxygens (including phenoxy) is 1. The Balaban J connectivity index is 2.23. The van der Waals surface area contributed by atoms with E-state index in [0.29, 0.717) is 13.1 Å². The smallest absolute Gasteiger partial charge is 0.119 e. The minimum atomic E-state index is -0.767. The third-order valence-corrected chi connectivity index (χ3v) is 2.37. The average Bonchev–Trinajstić information content (AvgIpc) is 2.25. The maximum Gasteiger partial charge on any atom is 0.119 e. The van der Waals surface area contributed by atoms with Crippen LogP contribution in [0.25, 0.3) is 0 Å². The van der Waals surface area contributed by atoms with Gasteiger partial charge in [0.25, 0.3) is 0 Å². The van der Waals surface area contributed by atoms with Gasteiger partial charge < -0.3 is 20.3 Å². The molecule has 0 saturated heterocycles. The molecular formula is C14H23NO3. The minimum absolute atomic E-state index is 0.238. The molecule has 0 radical (unpaired) electrons. The predicted octanol–water partition coefficient (Wildman–Crippen LogP) is 1.10. The van der Waals surface area contributed by atoms with Crippen LogP contribution in [-0.2, 0) is 0 Å². The summed E-state index contributed by atoms with van der Waals surface area (Å²) in [6.45, 7) is 6.51. The highest BCUT2D eigenvalue weighted by Gasteiger charge is 2.13. The van der Waals surface area contributed by atoms with Gasteiger partial charge in [-0.3, -0.25) is 0 Å². The number of hydrogen-bond donors (Lipinski definition) is 3. The van der Waals surface area contributed by atoms with Gasteiger partial charge in [-0.2, -0.15) is 0 Å². The Morgan fingerprint density at radius 1 is 1.39 bits per heavy atom. The Labute approximate surface area is 109 Å². The van der Waals surface area contributed by atoms with Crippen molar-refractivity contribution in [3.05, 3.63) is 29.8 Å². The molecule has 3 N–H and O–H groups in total. The number of benzene rings is 1. The lowest BCUT2D eigenvalue weighted by Gasteiger charge is -2.19. The molecule has 0 heterocycles. The zero-order chi connectivity index (χ0) is 13.6. The van der Waals surface area contributed by atoms with Crippen LogP contribution in [0.2, 0.25) is 0 Å². The second-order valence-electron chi connectivity index (χ2n) is 5.22. The monoisotopic (exact) mass is 253 g/mol. The maximum atomic E-state index is 9.71. The van der Waals surface area contributed by atoms with Gasteiger partial charge in [-0.15, -0.1) is 0 Å². The van der Waals surface area contributed by atoms with Crippen molar-refractivity contribution in [3.63, 3.8) is 0 Å². The van der Waals surface area contributed by atoms with Crippen LogP contribution < -0.4 is 10.1 Å². The van der Waals surface area contributed by atoms with Gasteiger partial charge in [-0.25, -0.2) is 0 Å².